The SMILES string of the molecule is O=C(Cc1c(F)cccc1Cl)c1ccc(F)cn1. The summed E-state index contributed by atoms with van der Waals surface area (Å²) in [5.74, 6) is -1.49. The molecule has 0 aliphatic carbocycles. The van der Waals surface area contributed by atoms with Gasteiger partial charge in [-0.25, -0.2) is 8.78 Å². The number of Topliss-reactive ketones (excluding diaryl/α,β-unsaturated/α-hetero) is 1. The molecule has 0 unspecified atom stereocenters. The predicted octanol–water partition coefficient (Wildman–Crippen LogP) is 3.44. The van der Waals surface area contributed by atoms with E-state index in [1.165, 1.54) is 24.3 Å². The molecule has 2 rings (SSSR count). The Kier molecular flexibility index (Phi) is 3.67. The predicted molar refractivity (Wildman–Crippen MR) is 63.6 cm³/mol. The van der Waals surface area contributed by atoms with E-state index in [0.29, 0.717) is 0 Å². The van der Waals surface area contributed by atoms with Crippen LogP contribution < -0.4 is 0 Å². The van der Waals surface area contributed by atoms with Crippen LogP contribution in [-0.4, -0.2) is 10.8 Å². The molecule has 18 heavy (non-hydrogen) atoms. The first-order valence-electron chi connectivity index (χ1n) is 5.15. The first kappa shape index (κ1) is 12.6. The van der Waals surface area contributed by atoms with Crippen molar-refractivity contribution in [3.05, 3.63) is 64.4 Å². The number of nitrogens with zero attached hydrogens (tertiary/aromatic N) is 1. The molecule has 0 saturated heterocycles. The van der Waals surface area contributed by atoms with Crippen LogP contribution in [0.1, 0.15) is 16.1 Å². The van der Waals surface area contributed by atoms with E-state index in [9.17, 15) is 13.6 Å². The van der Waals surface area contributed by atoms with Crippen molar-refractivity contribution in [2.24, 2.45) is 0 Å². The third-order valence-corrected chi connectivity index (χ3v) is 2.77. The summed E-state index contributed by atoms with van der Waals surface area (Å²) in [7, 11) is 0. The van der Waals surface area contributed by atoms with Crippen molar-refractivity contribution >= 4 is 17.4 Å². The Morgan fingerprint density at radius 3 is 2.61 bits per heavy atom. The number of halogens is 3. The standard InChI is InChI=1S/C13H8ClF2NO/c14-10-2-1-3-11(16)9(10)6-13(18)12-5-4-8(15)7-17-12/h1-5,7H,6H2. The van der Waals surface area contributed by atoms with Gasteiger partial charge in [0.15, 0.2) is 5.78 Å². The quantitative estimate of drug-likeness (QED) is 0.798. The molecule has 0 N–H and O–H groups in total. The Labute approximate surface area is 107 Å². The van der Waals surface area contributed by atoms with Crippen LogP contribution in [0.4, 0.5) is 8.78 Å². The normalized spacial score (nSPS) is 10.4. The van der Waals surface area contributed by atoms with Gasteiger partial charge in [-0.05, 0) is 24.3 Å². The molecule has 0 aliphatic heterocycles. The minimum absolute atomic E-state index is 0.0794. The van der Waals surface area contributed by atoms with Crippen molar-refractivity contribution in [1.82, 2.24) is 4.98 Å². The molecule has 0 atom stereocenters. The van der Waals surface area contributed by atoms with Crippen LogP contribution in [0.25, 0.3) is 0 Å². The average Bonchev–Trinajstić information content (AvgIpc) is 2.34. The van der Waals surface area contributed by atoms with E-state index in [-0.39, 0.29) is 22.7 Å². The summed E-state index contributed by atoms with van der Waals surface area (Å²) >= 11 is 5.81. The number of ketones is 1. The van der Waals surface area contributed by atoms with Gasteiger partial charge < -0.3 is 0 Å². The van der Waals surface area contributed by atoms with E-state index in [1.54, 1.807) is 0 Å². The zero-order valence-corrected chi connectivity index (χ0v) is 9.92. The number of benzene rings is 1. The van der Waals surface area contributed by atoms with Crippen molar-refractivity contribution in [1.29, 1.82) is 0 Å². The second kappa shape index (κ2) is 5.23. The Morgan fingerprint density at radius 2 is 2.00 bits per heavy atom. The maximum absolute atomic E-state index is 13.5. The second-order valence-corrected chi connectivity index (χ2v) is 4.07. The van der Waals surface area contributed by atoms with Gasteiger partial charge in [-0.1, -0.05) is 17.7 Å². The zero-order valence-electron chi connectivity index (χ0n) is 9.16. The summed E-state index contributed by atoms with van der Waals surface area (Å²) in [6.45, 7) is 0. The number of aromatic nitrogens is 1. The van der Waals surface area contributed by atoms with Gasteiger partial charge in [-0.3, -0.25) is 9.78 Å². The highest BCUT2D eigenvalue weighted by Crippen LogP contribution is 2.20. The van der Waals surface area contributed by atoms with E-state index in [4.69, 9.17) is 11.6 Å². The van der Waals surface area contributed by atoms with Crippen LogP contribution in [0, 0.1) is 11.6 Å². The summed E-state index contributed by atoms with van der Waals surface area (Å²) in [4.78, 5) is 15.5. The first-order valence-corrected chi connectivity index (χ1v) is 5.53. The molecule has 2 aromatic rings. The van der Waals surface area contributed by atoms with Crippen LogP contribution in [0.3, 0.4) is 0 Å². The average molecular weight is 268 g/mol. The van der Waals surface area contributed by atoms with Gasteiger partial charge in [-0.2, -0.15) is 0 Å². The molecule has 0 amide bonds. The zero-order chi connectivity index (χ0) is 13.1. The van der Waals surface area contributed by atoms with Crippen molar-refractivity contribution in [2.75, 3.05) is 0 Å². The first-order chi connectivity index (χ1) is 8.58. The van der Waals surface area contributed by atoms with Gasteiger partial charge in [0.25, 0.3) is 0 Å². The summed E-state index contributed by atoms with van der Waals surface area (Å²) in [5, 5.41) is 0.186. The molecule has 0 fully saturated rings. The summed E-state index contributed by atoms with van der Waals surface area (Å²) in [6, 6.07) is 6.58. The lowest BCUT2D eigenvalue weighted by molar-refractivity contribution is 0.0987. The molecule has 0 saturated carbocycles. The highest BCUT2D eigenvalue weighted by Gasteiger charge is 2.14. The van der Waals surface area contributed by atoms with E-state index in [1.807, 2.05) is 0 Å². The van der Waals surface area contributed by atoms with Gasteiger partial charge in [0.2, 0.25) is 0 Å². The third kappa shape index (κ3) is 2.71. The number of hydrogen-bond acceptors (Lipinski definition) is 2. The van der Waals surface area contributed by atoms with E-state index in [2.05, 4.69) is 4.98 Å². The largest absolute Gasteiger partial charge is 0.292 e. The molecule has 5 heteroatoms. The molecule has 1 aromatic heterocycles. The fraction of sp³-hybridized carbons (Fsp3) is 0.0769. The van der Waals surface area contributed by atoms with Crippen molar-refractivity contribution < 1.29 is 13.6 Å². The lowest BCUT2D eigenvalue weighted by Crippen LogP contribution is -2.08. The molecule has 1 aromatic carbocycles. The number of pyridine rings is 1. The smallest absolute Gasteiger partial charge is 0.185 e. The number of carbonyl (C=O) groups is 1. The topological polar surface area (TPSA) is 30.0 Å². The van der Waals surface area contributed by atoms with Gasteiger partial charge in [-0.15, -0.1) is 0 Å². The maximum atomic E-state index is 13.5. The highest BCUT2D eigenvalue weighted by atomic mass is 35.5. The van der Waals surface area contributed by atoms with Crippen molar-refractivity contribution in [2.45, 2.75) is 6.42 Å². The monoisotopic (exact) mass is 267 g/mol. The molecule has 2 nitrogen and oxygen atoms in total. The third-order valence-electron chi connectivity index (χ3n) is 2.41. The van der Waals surface area contributed by atoms with Gasteiger partial charge in [0, 0.05) is 17.0 Å². The lowest BCUT2D eigenvalue weighted by Gasteiger charge is -2.04. The van der Waals surface area contributed by atoms with Gasteiger partial charge in [0.1, 0.15) is 17.3 Å². The maximum Gasteiger partial charge on any atom is 0.185 e. The fourth-order valence-electron chi connectivity index (χ4n) is 1.49. The van der Waals surface area contributed by atoms with Crippen LogP contribution in [0.5, 0.6) is 0 Å². The Hall–Kier alpha value is -1.81. The molecule has 0 bridgehead atoms. The Bertz CT molecular complexity index is 564. The summed E-state index contributed by atoms with van der Waals surface area (Å²) in [5.41, 5.74) is 0.200. The molecule has 92 valence electrons. The lowest BCUT2D eigenvalue weighted by atomic mass is 10.1. The van der Waals surface area contributed by atoms with Crippen LogP contribution in [-0.2, 0) is 6.42 Å². The van der Waals surface area contributed by atoms with E-state index in [0.717, 1.165) is 12.3 Å². The minimum atomic E-state index is -0.544. The van der Waals surface area contributed by atoms with Crippen LogP contribution >= 0.6 is 11.6 Å². The van der Waals surface area contributed by atoms with Crippen LogP contribution in [0.15, 0.2) is 36.5 Å². The number of carbonyl (C=O) groups excluding carboxylic acids is 1. The molecule has 0 aliphatic rings. The van der Waals surface area contributed by atoms with Crippen LogP contribution in [0.2, 0.25) is 5.02 Å². The number of rotatable bonds is 3. The fourth-order valence-corrected chi connectivity index (χ4v) is 1.72. The minimum Gasteiger partial charge on any atom is -0.292 e. The molecule has 0 spiro atoms. The highest BCUT2D eigenvalue weighted by molar-refractivity contribution is 6.31. The summed E-state index contributed by atoms with van der Waals surface area (Å²) < 4.78 is 26.1. The Balaban J connectivity index is 2.24. The second-order valence-electron chi connectivity index (χ2n) is 3.66. The summed E-state index contributed by atoms with van der Waals surface area (Å²) in [6.07, 6.45) is 0.736. The molecular formula is C13H8ClF2NO. The number of hydrogen-bond donors (Lipinski definition) is 0. The molecular weight excluding hydrogens is 260 g/mol. The van der Waals surface area contributed by atoms with Gasteiger partial charge in [0.05, 0.1) is 6.20 Å². The molecule has 1 heterocycles. The van der Waals surface area contributed by atoms with Gasteiger partial charge >= 0.3 is 0 Å². The van der Waals surface area contributed by atoms with Crippen molar-refractivity contribution in [3.63, 3.8) is 0 Å². The van der Waals surface area contributed by atoms with E-state index >= 15 is 0 Å². The molecule has 0 radical (unpaired) electrons. The Morgan fingerprint density at radius 1 is 1.22 bits per heavy atom. The van der Waals surface area contributed by atoms with E-state index < -0.39 is 17.4 Å². The van der Waals surface area contributed by atoms with Crippen molar-refractivity contribution in [3.8, 4) is 0 Å².